The van der Waals surface area contributed by atoms with E-state index in [2.05, 4.69) is 32.5 Å². The van der Waals surface area contributed by atoms with Gasteiger partial charge in [0.25, 0.3) is 12.3 Å². The molecule has 2 aromatic carbocycles. The normalized spacial score (nSPS) is 12.0. The number of benzene rings is 2. The predicted octanol–water partition coefficient (Wildman–Crippen LogP) is 4.35. The lowest BCUT2D eigenvalue weighted by Crippen LogP contribution is -2.28. The summed E-state index contributed by atoms with van der Waals surface area (Å²) in [6, 6.07) is 12.6. The number of nitrogens with one attached hydrogen (secondary N) is 3. The smallest absolute Gasteiger partial charge is 0.255 e. The maximum absolute atomic E-state index is 12.6. The van der Waals surface area contributed by atoms with Gasteiger partial charge < -0.3 is 20.5 Å². The first-order valence-corrected chi connectivity index (χ1v) is 11.2. The first-order valence-electron chi connectivity index (χ1n) is 11.2. The van der Waals surface area contributed by atoms with Crippen molar-refractivity contribution in [1.29, 1.82) is 0 Å². The molecule has 0 saturated heterocycles. The van der Waals surface area contributed by atoms with Crippen molar-refractivity contribution in [2.24, 2.45) is 7.05 Å². The van der Waals surface area contributed by atoms with Gasteiger partial charge in [0.05, 0.1) is 17.6 Å². The number of carbonyl (C=O) groups is 2. The number of rotatable bonds is 6. The van der Waals surface area contributed by atoms with Gasteiger partial charge in [0, 0.05) is 30.4 Å². The molecule has 0 fully saturated rings. The lowest BCUT2D eigenvalue weighted by Gasteiger charge is -2.14. The number of hydrogen-bond donors (Lipinski definition) is 3. The molecule has 4 aromatic rings. The average Bonchev–Trinajstić information content (AvgIpc) is 3.08. The molecule has 182 valence electrons. The van der Waals surface area contributed by atoms with E-state index in [9.17, 15) is 18.4 Å². The van der Waals surface area contributed by atoms with Crippen molar-refractivity contribution in [2.75, 3.05) is 17.2 Å². The monoisotopic (exact) mass is 488 g/mol. The lowest BCUT2D eigenvalue weighted by atomic mass is 9.94. The van der Waals surface area contributed by atoms with E-state index in [4.69, 9.17) is 0 Å². The van der Waals surface area contributed by atoms with Crippen LogP contribution in [0.25, 0.3) is 33.4 Å². The number of aromatic nitrogens is 3. The summed E-state index contributed by atoms with van der Waals surface area (Å²) in [6.07, 6.45) is 0.0734. The summed E-state index contributed by atoms with van der Waals surface area (Å²) in [4.78, 5) is 33.0. The van der Waals surface area contributed by atoms with Crippen molar-refractivity contribution < 1.29 is 18.4 Å². The fourth-order valence-electron chi connectivity index (χ4n) is 4.47. The first kappa shape index (κ1) is 23.2. The van der Waals surface area contributed by atoms with E-state index >= 15 is 0 Å². The highest BCUT2D eigenvalue weighted by molar-refractivity contribution is 6.10. The summed E-state index contributed by atoms with van der Waals surface area (Å²) in [7, 11) is 1.92. The zero-order valence-electron chi connectivity index (χ0n) is 19.3. The Kier molecular flexibility index (Phi) is 5.93. The molecule has 1 aliphatic rings. The average molecular weight is 488 g/mol. The van der Waals surface area contributed by atoms with Gasteiger partial charge in [0.15, 0.2) is 0 Å². The largest absolute Gasteiger partial charge is 0.365 e. The molecule has 0 bridgehead atoms. The number of hydrogen-bond acceptors (Lipinski definition) is 5. The summed E-state index contributed by atoms with van der Waals surface area (Å²) in [6.45, 7) is 3.15. The minimum absolute atomic E-state index is 0.296. The summed E-state index contributed by atoms with van der Waals surface area (Å²) in [5.41, 5.74) is 6.03. The Morgan fingerprint density at radius 2 is 1.97 bits per heavy atom. The van der Waals surface area contributed by atoms with Crippen LogP contribution in [0.15, 0.2) is 61.4 Å². The molecule has 5 rings (SSSR count). The van der Waals surface area contributed by atoms with Crippen LogP contribution >= 0.6 is 0 Å². The Balaban J connectivity index is 1.64. The molecule has 0 unspecified atom stereocenters. The first-order chi connectivity index (χ1) is 17.4. The van der Waals surface area contributed by atoms with Crippen molar-refractivity contribution in [1.82, 2.24) is 19.9 Å². The van der Waals surface area contributed by atoms with Gasteiger partial charge in [-0.3, -0.25) is 9.59 Å². The Morgan fingerprint density at radius 1 is 1.19 bits per heavy atom. The van der Waals surface area contributed by atoms with Gasteiger partial charge in [0.2, 0.25) is 5.91 Å². The van der Waals surface area contributed by atoms with Gasteiger partial charge in [-0.15, -0.1) is 0 Å². The quantitative estimate of drug-likeness (QED) is 0.351. The number of nitrogens with zero attached hydrogens (tertiary/aromatic N) is 3. The highest BCUT2D eigenvalue weighted by Crippen LogP contribution is 2.45. The van der Waals surface area contributed by atoms with E-state index in [-0.39, 0.29) is 5.91 Å². The van der Waals surface area contributed by atoms with Crippen LogP contribution in [0.3, 0.4) is 0 Å². The predicted molar refractivity (Wildman–Crippen MR) is 134 cm³/mol. The van der Waals surface area contributed by atoms with Gasteiger partial charge in [-0.1, -0.05) is 24.8 Å². The van der Waals surface area contributed by atoms with Crippen LogP contribution in [-0.4, -0.2) is 39.3 Å². The Labute approximate surface area is 205 Å². The van der Waals surface area contributed by atoms with Crippen molar-refractivity contribution in [3.05, 3.63) is 72.6 Å². The summed E-state index contributed by atoms with van der Waals surface area (Å²) in [5.74, 6) is -0.200. The second kappa shape index (κ2) is 9.21. The van der Waals surface area contributed by atoms with E-state index in [0.29, 0.717) is 23.6 Å². The summed E-state index contributed by atoms with van der Waals surface area (Å²) >= 11 is 0. The lowest BCUT2D eigenvalue weighted by molar-refractivity contribution is -0.111. The molecule has 10 heteroatoms. The molecule has 2 amide bonds. The van der Waals surface area contributed by atoms with E-state index in [1.807, 2.05) is 29.8 Å². The van der Waals surface area contributed by atoms with Gasteiger partial charge in [-0.25, -0.2) is 18.7 Å². The molecule has 3 heterocycles. The number of amides is 2. The van der Waals surface area contributed by atoms with Gasteiger partial charge >= 0.3 is 0 Å². The highest BCUT2D eigenvalue weighted by Gasteiger charge is 2.27. The minimum Gasteiger partial charge on any atom is -0.365 e. The van der Waals surface area contributed by atoms with Crippen LogP contribution in [0.5, 0.6) is 0 Å². The molecule has 0 spiro atoms. The second-order valence-corrected chi connectivity index (χ2v) is 8.30. The fourth-order valence-corrected chi connectivity index (χ4v) is 4.47. The van der Waals surface area contributed by atoms with Crippen molar-refractivity contribution in [3.63, 3.8) is 0 Å². The molecule has 2 aromatic heterocycles. The third-order valence-corrected chi connectivity index (χ3v) is 6.08. The minimum atomic E-state index is -2.62. The number of aryl methyl sites for hydroxylation is 1. The van der Waals surface area contributed by atoms with E-state index in [0.717, 1.165) is 39.0 Å². The van der Waals surface area contributed by atoms with Crippen LogP contribution < -0.4 is 16.0 Å². The van der Waals surface area contributed by atoms with E-state index in [1.54, 1.807) is 24.3 Å². The van der Waals surface area contributed by atoms with Crippen molar-refractivity contribution in [2.45, 2.75) is 13.0 Å². The van der Waals surface area contributed by atoms with Crippen LogP contribution in [0.4, 0.5) is 20.3 Å². The van der Waals surface area contributed by atoms with Gasteiger partial charge in [-0.05, 0) is 47.0 Å². The molecule has 0 atom stereocenters. The molecule has 0 saturated carbocycles. The number of halogens is 2. The fraction of sp³-hybridized carbons (Fsp3) is 0.154. The van der Waals surface area contributed by atoms with Crippen LogP contribution in [0.1, 0.15) is 15.9 Å². The number of fused-ring (bicyclic) bond motifs is 2. The molecule has 0 aliphatic carbocycles. The molecule has 3 N–H and O–H groups in total. The molecule has 1 aliphatic heterocycles. The van der Waals surface area contributed by atoms with Crippen molar-refractivity contribution in [3.8, 4) is 22.4 Å². The maximum atomic E-state index is 12.6. The summed E-state index contributed by atoms with van der Waals surface area (Å²) in [5, 5.41) is 9.15. The van der Waals surface area contributed by atoms with Gasteiger partial charge in [-0.2, -0.15) is 0 Å². The zero-order valence-corrected chi connectivity index (χ0v) is 19.3. The maximum Gasteiger partial charge on any atom is 0.255 e. The summed E-state index contributed by atoms with van der Waals surface area (Å²) < 4.78 is 27.1. The van der Waals surface area contributed by atoms with Crippen LogP contribution in [0.2, 0.25) is 0 Å². The molecule has 0 radical (unpaired) electrons. The second-order valence-electron chi connectivity index (χ2n) is 8.30. The third kappa shape index (κ3) is 4.06. The third-order valence-electron chi connectivity index (χ3n) is 6.08. The topological polar surface area (TPSA) is 101 Å². The molecular weight excluding hydrogens is 466 g/mol. The molecule has 36 heavy (non-hydrogen) atoms. The van der Waals surface area contributed by atoms with E-state index in [1.165, 1.54) is 12.4 Å². The van der Waals surface area contributed by atoms with Crippen LogP contribution in [0, 0.1) is 0 Å². The Bertz CT molecular complexity index is 1510. The number of anilines is 2. The SMILES string of the molecule is C=CC(=O)Nc1ccc(-c2c3c4c(ncnc4n2C)NCc2cc(C(=O)NCC(F)F)ccc2-3)cc1. The molecular formula is C26H22F2N6O2. The van der Waals surface area contributed by atoms with Crippen LogP contribution in [-0.2, 0) is 18.4 Å². The standard InChI is InChI=1S/C26H22F2N6O2/c1-3-20(35)33-17-7-4-14(5-8-17)23-21-18-9-6-15(26(36)30-12-19(27)28)10-16(18)11-29-24-22(21)25(34(23)2)32-13-31-24/h3-10,13,19H,1,11-12H2,2H3,(H,30,36)(H,33,35)(H,29,31,32). The van der Waals surface area contributed by atoms with Gasteiger partial charge in [0.1, 0.15) is 17.8 Å². The molecule has 8 nitrogen and oxygen atoms in total. The number of carbonyl (C=O) groups excluding carboxylic acids is 2. The van der Waals surface area contributed by atoms with E-state index < -0.39 is 18.9 Å². The highest BCUT2D eigenvalue weighted by atomic mass is 19.3. The Hall–Kier alpha value is -4.60. The zero-order chi connectivity index (χ0) is 25.4. The van der Waals surface area contributed by atoms with Crippen molar-refractivity contribution >= 4 is 34.4 Å². The number of alkyl halides is 2. The Morgan fingerprint density at radius 3 is 2.69 bits per heavy atom.